The van der Waals surface area contributed by atoms with Crippen LogP contribution >= 0.6 is 15.9 Å². The van der Waals surface area contributed by atoms with E-state index in [1.54, 1.807) is 54.6 Å². The van der Waals surface area contributed by atoms with Gasteiger partial charge in [-0.3, -0.25) is 9.10 Å². The first-order chi connectivity index (χ1) is 16.9. The molecule has 4 rings (SSSR count). The van der Waals surface area contributed by atoms with Gasteiger partial charge < -0.3 is 14.2 Å². The van der Waals surface area contributed by atoms with Crippen molar-refractivity contribution in [3.05, 3.63) is 76.8 Å². The molecule has 1 aliphatic heterocycles. The number of nitrogens with zero attached hydrogens (tertiary/aromatic N) is 2. The van der Waals surface area contributed by atoms with E-state index >= 15 is 0 Å². The zero-order valence-corrected chi connectivity index (χ0v) is 21.1. The Hall–Kier alpha value is -3.57. The van der Waals surface area contributed by atoms with E-state index < -0.39 is 22.5 Å². The summed E-state index contributed by atoms with van der Waals surface area (Å²) in [6, 6.07) is 17.9. The average molecular weight is 560 g/mol. The Morgan fingerprint density at radius 2 is 1.80 bits per heavy atom. The van der Waals surface area contributed by atoms with Crippen LogP contribution in [0.3, 0.4) is 0 Å². The Balaban J connectivity index is 1.54. The van der Waals surface area contributed by atoms with Gasteiger partial charge in [0.05, 0.1) is 23.4 Å². The molecule has 0 bridgehead atoms. The van der Waals surface area contributed by atoms with Gasteiger partial charge in [-0.2, -0.15) is 5.10 Å². The van der Waals surface area contributed by atoms with Gasteiger partial charge in [-0.15, -0.1) is 0 Å². The summed E-state index contributed by atoms with van der Waals surface area (Å²) in [7, 11) is -4.02. The average Bonchev–Trinajstić information content (AvgIpc) is 3.31. The zero-order chi connectivity index (χ0) is 24.8. The molecule has 0 saturated carbocycles. The minimum absolute atomic E-state index is 0.0643. The van der Waals surface area contributed by atoms with Crippen LogP contribution in [0, 0.1) is 0 Å². The molecule has 35 heavy (non-hydrogen) atoms. The lowest BCUT2D eigenvalue weighted by Crippen LogP contribution is -2.39. The molecule has 1 heterocycles. The van der Waals surface area contributed by atoms with Crippen LogP contribution in [0.2, 0.25) is 0 Å². The van der Waals surface area contributed by atoms with Gasteiger partial charge in [0.2, 0.25) is 6.79 Å². The summed E-state index contributed by atoms with van der Waals surface area (Å²) in [6.45, 7) is 1.99. The summed E-state index contributed by atoms with van der Waals surface area (Å²) in [4.78, 5) is 12.8. The van der Waals surface area contributed by atoms with Gasteiger partial charge >= 0.3 is 0 Å². The third kappa shape index (κ3) is 5.75. The fourth-order valence-electron chi connectivity index (χ4n) is 3.28. The third-order valence-electron chi connectivity index (χ3n) is 4.94. The van der Waals surface area contributed by atoms with Crippen molar-refractivity contribution in [2.45, 2.75) is 11.8 Å². The van der Waals surface area contributed by atoms with Gasteiger partial charge in [0.15, 0.2) is 11.5 Å². The lowest BCUT2D eigenvalue weighted by atomic mass is 10.2. The number of fused-ring (bicyclic) bond motifs is 1. The minimum Gasteiger partial charge on any atom is -0.494 e. The first kappa shape index (κ1) is 24.6. The summed E-state index contributed by atoms with van der Waals surface area (Å²) >= 11 is 3.42. The first-order valence-electron chi connectivity index (χ1n) is 10.6. The molecule has 3 aromatic rings. The summed E-state index contributed by atoms with van der Waals surface area (Å²) in [5, 5.41) is 3.98. The molecule has 0 aromatic heterocycles. The predicted octanol–water partition coefficient (Wildman–Crippen LogP) is 3.92. The number of nitrogens with one attached hydrogen (secondary N) is 1. The molecule has 9 nitrogen and oxygen atoms in total. The number of carbonyl (C=O) groups excluding carboxylic acids is 1. The van der Waals surface area contributed by atoms with E-state index in [-0.39, 0.29) is 11.7 Å². The van der Waals surface area contributed by atoms with E-state index in [0.717, 1.165) is 4.31 Å². The van der Waals surface area contributed by atoms with Crippen LogP contribution in [-0.2, 0) is 14.8 Å². The Morgan fingerprint density at radius 1 is 1.11 bits per heavy atom. The van der Waals surface area contributed by atoms with Crippen LogP contribution in [0.1, 0.15) is 12.5 Å². The fraction of sp³-hybridized carbons (Fsp3) is 0.167. The van der Waals surface area contributed by atoms with Crippen molar-refractivity contribution >= 4 is 43.8 Å². The summed E-state index contributed by atoms with van der Waals surface area (Å²) < 4.78 is 44.6. The molecule has 0 spiro atoms. The number of rotatable bonds is 9. The highest BCUT2D eigenvalue weighted by atomic mass is 79.9. The number of anilines is 1. The number of carbonyl (C=O) groups is 1. The van der Waals surface area contributed by atoms with Crippen molar-refractivity contribution in [2.75, 3.05) is 24.2 Å². The van der Waals surface area contributed by atoms with Crippen LogP contribution in [-0.4, -0.2) is 40.5 Å². The van der Waals surface area contributed by atoms with Crippen molar-refractivity contribution in [1.82, 2.24) is 5.43 Å². The molecule has 3 aromatic carbocycles. The SMILES string of the molecule is CCOc1ccc(N(CC(=O)N/N=C\c2cc3c(cc2Br)OCO3)S(=O)(=O)c2ccccc2)cc1. The smallest absolute Gasteiger partial charge is 0.264 e. The molecule has 0 saturated heterocycles. The van der Waals surface area contributed by atoms with Crippen LogP contribution in [0.4, 0.5) is 5.69 Å². The van der Waals surface area contributed by atoms with Crippen LogP contribution in [0.25, 0.3) is 0 Å². The zero-order valence-electron chi connectivity index (χ0n) is 18.7. The second-order valence-corrected chi connectivity index (χ2v) is 9.99. The second kappa shape index (κ2) is 10.8. The Labute approximate surface area is 211 Å². The topological polar surface area (TPSA) is 107 Å². The minimum atomic E-state index is -4.02. The number of hydrogen-bond donors (Lipinski definition) is 1. The van der Waals surface area contributed by atoms with E-state index in [0.29, 0.717) is 39.6 Å². The monoisotopic (exact) mass is 559 g/mol. The molecule has 0 radical (unpaired) electrons. The molecule has 1 amide bonds. The van der Waals surface area contributed by atoms with E-state index in [1.165, 1.54) is 18.3 Å². The van der Waals surface area contributed by atoms with Crippen molar-refractivity contribution in [3.63, 3.8) is 0 Å². The van der Waals surface area contributed by atoms with E-state index in [4.69, 9.17) is 14.2 Å². The third-order valence-corrected chi connectivity index (χ3v) is 7.41. The normalized spacial score (nSPS) is 12.5. The van der Waals surface area contributed by atoms with Gasteiger partial charge in [0, 0.05) is 10.0 Å². The molecule has 1 N–H and O–H groups in total. The Bertz CT molecular complexity index is 1330. The van der Waals surface area contributed by atoms with Crippen molar-refractivity contribution in [3.8, 4) is 17.2 Å². The number of hydrazone groups is 1. The summed E-state index contributed by atoms with van der Waals surface area (Å²) in [5.41, 5.74) is 3.35. The highest BCUT2D eigenvalue weighted by Crippen LogP contribution is 2.36. The molecule has 0 unspecified atom stereocenters. The van der Waals surface area contributed by atoms with Crippen LogP contribution < -0.4 is 23.9 Å². The largest absolute Gasteiger partial charge is 0.494 e. The van der Waals surface area contributed by atoms with E-state index in [9.17, 15) is 13.2 Å². The predicted molar refractivity (Wildman–Crippen MR) is 135 cm³/mol. The number of hydrogen-bond acceptors (Lipinski definition) is 7. The molecule has 182 valence electrons. The lowest BCUT2D eigenvalue weighted by molar-refractivity contribution is -0.119. The van der Waals surface area contributed by atoms with E-state index in [2.05, 4.69) is 26.5 Å². The fourth-order valence-corrected chi connectivity index (χ4v) is 5.15. The quantitative estimate of drug-likeness (QED) is 0.314. The molecular weight excluding hydrogens is 538 g/mol. The number of amides is 1. The highest BCUT2D eigenvalue weighted by Gasteiger charge is 2.27. The Morgan fingerprint density at radius 3 is 2.49 bits per heavy atom. The molecule has 0 fully saturated rings. The van der Waals surface area contributed by atoms with Gasteiger partial charge in [-0.1, -0.05) is 18.2 Å². The maximum Gasteiger partial charge on any atom is 0.264 e. The standard InChI is InChI=1S/C24H22BrN3O6S/c1-2-32-19-10-8-18(9-11-19)28(35(30,31)20-6-4-3-5-7-20)15-24(29)27-26-14-17-12-22-23(13-21(17)25)34-16-33-22/h3-14H,2,15-16H2,1H3,(H,27,29)/b26-14-. The highest BCUT2D eigenvalue weighted by molar-refractivity contribution is 9.10. The number of sulfonamides is 1. The van der Waals surface area contributed by atoms with Crippen LogP contribution in [0.15, 0.2) is 81.2 Å². The maximum atomic E-state index is 13.4. The van der Waals surface area contributed by atoms with Gasteiger partial charge in [-0.05, 0) is 71.4 Å². The number of halogens is 1. The molecular formula is C24H22BrN3O6S. The number of benzene rings is 3. The molecule has 1 aliphatic rings. The summed E-state index contributed by atoms with van der Waals surface area (Å²) in [6.07, 6.45) is 1.43. The van der Waals surface area contributed by atoms with Gasteiger partial charge in [0.1, 0.15) is 12.3 Å². The van der Waals surface area contributed by atoms with Crippen molar-refractivity contribution < 1.29 is 27.4 Å². The maximum absolute atomic E-state index is 13.4. The lowest BCUT2D eigenvalue weighted by Gasteiger charge is -2.24. The Kier molecular flexibility index (Phi) is 7.57. The van der Waals surface area contributed by atoms with Crippen LogP contribution in [0.5, 0.6) is 17.2 Å². The second-order valence-electron chi connectivity index (χ2n) is 7.27. The van der Waals surface area contributed by atoms with E-state index in [1.807, 2.05) is 6.92 Å². The first-order valence-corrected chi connectivity index (χ1v) is 12.8. The van der Waals surface area contributed by atoms with Crippen molar-refractivity contribution in [2.24, 2.45) is 5.10 Å². The molecule has 0 atom stereocenters. The molecule has 11 heteroatoms. The van der Waals surface area contributed by atoms with Gasteiger partial charge in [0.25, 0.3) is 15.9 Å². The molecule has 0 aliphatic carbocycles. The van der Waals surface area contributed by atoms with Gasteiger partial charge in [-0.25, -0.2) is 13.8 Å². The van der Waals surface area contributed by atoms with Crippen molar-refractivity contribution in [1.29, 1.82) is 0 Å². The summed E-state index contributed by atoms with van der Waals surface area (Å²) in [5.74, 6) is 1.15. The number of ether oxygens (including phenoxy) is 3.